The Morgan fingerprint density at radius 1 is 1.18 bits per heavy atom. The molecule has 2 aromatic heterocycles. The van der Waals surface area contributed by atoms with E-state index in [2.05, 4.69) is 20.3 Å². The number of anilines is 1. The molecule has 6 nitrogen and oxygen atoms in total. The molecule has 0 saturated carbocycles. The minimum Gasteiger partial charge on any atom is -0.382 e. The third-order valence-electron chi connectivity index (χ3n) is 2.46. The Kier molecular flexibility index (Phi) is 2.11. The molecular weight excluding hydrogens is 216 g/mol. The highest BCUT2D eigenvalue weighted by atomic mass is 15.3. The molecule has 0 unspecified atom stereocenters. The minimum absolute atomic E-state index is 0.486. The highest BCUT2D eigenvalue weighted by Gasteiger charge is 2.02. The maximum absolute atomic E-state index is 5.56. The molecule has 2 heterocycles. The molecule has 0 amide bonds. The molecule has 3 N–H and O–H groups in total. The van der Waals surface area contributed by atoms with Gasteiger partial charge in [0.1, 0.15) is 18.5 Å². The number of nitrogens with one attached hydrogen (secondary N) is 1. The Morgan fingerprint density at radius 2 is 2.00 bits per heavy atom. The molecule has 6 heteroatoms. The summed E-state index contributed by atoms with van der Waals surface area (Å²) < 4.78 is 1.70. The molecule has 1 aromatic carbocycles. The molecule has 0 radical (unpaired) electrons. The zero-order valence-electron chi connectivity index (χ0n) is 8.91. The summed E-state index contributed by atoms with van der Waals surface area (Å²) in [6.07, 6.45) is 3.16. The van der Waals surface area contributed by atoms with Crippen LogP contribution in [-0.2, 0) is 0 Å². The molecule has 0 spiro atoms. The van der Waals surface area contributed by atoms with E-state index in [9.17, 15) is 0 Å². The standard InChI is InChI=1S/C11H10N6/c12-11-5-10(15-16-11)8-1-3-9(4-2-8)17-7-13-6-14-17/h1-7H,(H3,12,15,16). The first kappa shape index (κ1) is 9.59. The lowest BCUT2D eigenvalue weighted by molar-refractivity contribution is 0.879. The second-order valence-corrected chi connectivity index (χ2v) is 3.59. The van der Waals surface area contributed by atoms with Crippen molar-refractivity contribution in [1.82, 2.24) is 25.0 Å². The van der Waals surface area contributed by atoms with E-state index in [1.165, 1.54) is 6.33 Å². The van der Waals surface area contributed by atoms with Gasteiger partial charge >= 0.3 is 0 Å². The molecule has 0 aliphatic carbocycles. The lowest BCUT2D eigenvalue weighted by atomic mass is 10.1. The summed E-state index contributed by atoms with van der Waals surface area (Å²) in [5.41, 5.74) is 8.44. The van der Waals surface area contributed by atoms with Crippen LogP contribution < -0.4 is 5.73 Å². The van der Waals surface area contributed by atoms with Crippen molar-refractivity contribution in [2.45, 2.75) is 0 Å². The van der Waals surface area contributed by atoms with Crippen LogP contribution in [0.25, 0.3) is 16.9 Å². The minimum atomic E-state index is 0.486. The molecule has 0 fully saturated rings. The average molecular weight is 226 g/mol. The quantitative estimate of drug-likeness (QED) is 0.688. The number of rotatable bonds is 2. The SMILES string of the molecule is Nc1cc(-c2ccc(-n3cncn3)cc2)[nH]n1. The maximum atomic E-state index is 5.56. The van der Waals surface area contributed by atoms with Crippen LogP contribution in [0.5, 0.6) is 0 Å². The summed E-state index contributed by atoms with van der Waals surface area (Å²) in [6, 6.07) is 9.67. The largest absolute Gasteiger partial charge is 0.382 e. The van der Waals surface area contributed by atoms with Gasteiger partial charge in [0, 0.05) is 6.07 Å². The van der Waals surface area contributed by atoms with Crippen molar-refractivity contribution in [1.29, 1.82) is 0 Å². The fourth-order valence-corrected chi connectivity index (χ4v) is 1.62. The van der Waals surface area contributed by atoms with Crippen molar-refractivity contribution in [3.8, 4) is 16.9 Å². The van der Waals surface area contributed by atoms with Gasteiger partial charge in [0.2, 0.25) is 0 Å². The zero-order chi connectivity index (χ0) is 11.7. The molecule has 0 saturated heterocycles. The van der Waals surface area contributed by atoms with Crippen LogP contribution in [-0.4, -0.2) is 25.0 Å². The number of nitrogens with two attached hydrogens (primary N) is 1. The Labute approximate surface area is 97.1 Å². The molecule has 3 aromatic rings. The highest BCUT2D eigenvalue weighted by Crippen LogP contribution is 2.19. The van der Waals surface area contributed by atoms with E-state index in [-0.39, 0.29) is 0 Å². The van der Waals surface area contributed by atoms with Crippen LogP contribution in [0.1, 0.15) is 0 Å². The Morgan fingerprint density at radius 3 is 2.59 bits per heavy atom. The van der Waals surface area contributed by atoms with Crippen molar-refractivity contribution in [2.75, 3.05) is 5.73 Å². The summed E-state index contributed by atoms with van der Waals surface area (Å²) in [5, 5.41) is 10.8. The van der Waals surface area contributed by atoms with E-state index in [0.29, 0.717) is 5.82 Å². The van der Waals surface area contributed by atoms with E-state index in [4.69, 9.17) is 5.73 Å². The Bertz CT molecular complexity index is 608. The second-order valence-electron chi connectivity index (χ2n) is 3.59. The third kappa shape index (κ3) is 1.76. The van der Waals surface area contributed by atoms with Crippen molar-refractivity contribution in [3.05, 3.63) is 43.0 Å². The number of hydrogen-bond acceptors (Lipinski definition) is 4. The summed E-state index contributed by atoms with van der Waals surface area (Å²) in [4.78, 5) is 3.90. The smallest absolute Gasteiger partial charge is 0.145 e. The predicted molar refractivity (Wildman–Crippen MR) is 63.4 cm³/mol. The number of H-pyrrole nitrogens is 1. The van der Waals surface area contributed by atoms with Gasteiger partial charge in [0.15, 0.2) is 0 Å². The maximum Gasteiger partial charge on any atom is 0.145 e. The zero-order valence-corrected chi connectivity index (χ0v) is 8.91. The fourth-order valence-electron chi connectivity index (χ4n) is 1.62. The van der Waals surface area contributed by atoms with Crippen molar-refractivity contribution in [3.63, 3.8) is 0 Å². The lowest BCUT2D eigenvalue weighted by Crippen LogP contribution is -1.93. The van der Waals surface area contributed by atoms with Crippen LogP contribution in [0.15, 0.2) is 43.0 Å². The molecule has 17 heavy (non-hydrogen) atoms. The number of nitrogens with zero attached hydrogens (tertiary/aromatic N) is 4. The van der Waals surface area contributed by atoms with Gasteiger partial charge in [0.05, 0.1) is 11.4 Å². The Balaban J connectivity index is 1.95. The van der Waals surface area contributed by atoms with Crippen LogP contribution in [0.4, 0.5) is 5.82 Å². The van der Waals surface area contributed by atoms with Gasteiger partial charge < -0.3 is 5.73 Å². The first-order valence-corrected chi connectivity index (χ1v) is 5.09. The van der Waals surface area contributed by atoms with Crippen LogP contribution >= 0.6 is 0 Å². The second kappa shape index (κ2) is 3.75. The van der Waals surface area contributed by atoms with Gasteiger partial charge in [0.25, 0.3) is 0 Å². The Hall–Kier alpha value is -2.63. The van der Waals surface area contributed by atoms with Gasteiger partial charge in [-0.3, -0.25) is 5.10 Å². The van der Waals surface area contributed by atoms with Gasteiger partial charge in [-0.05, 0) is 17.7 Å². The summed E-state index contributed by atoms with van der Waals surface area (Å²) in [7, 11) is 0. The van der Waals surface area contributed by atoms with Gasteiger partial charge in [-0.15, -0.1) is 0 Å². The van der Waals surface area contributed by atoms with E-state index in [0.717, 1.165) is 16.9 Å². The normalized spacial score (nSPS) is 10.6. The van der Waals surface area contributed by atoms with Gasteiger partial charge in [-0.25, -0.2) is 9.67 Å². The lowest BCUT2D eigenvalue weighted by Gasteiger charge is -2.01. The van der Waals surface area contributed by atoms with Crippen molar-refractivity contribution in [2.24, 2.45) is 0 Å². The predicted octanol–water partition coefficient (Wildman–Crippen LogP) is 1.24. The van der Waals surface area contributed by atoms with E-state index >= 15 is 0 Å². The van der Waals surface area contributed by atoms with Crippen molar-refractivity contribution >= 4 is 5.82 Å². The monoisotopic (exact) mass is 226 g/mol. The number of hydrogen-bond donors (Lipinski definition) is 2. The van der Waals surface area contributed by atoms with Gasteiger partial charge in [-0.2, -0.15) is 10.2 Å². The number of aromatic amines is 1. The summed E-state index contributed by atoms with van der Waals surface area (Å²) >= 11 is 0. The average Bonchev–Trinajstić information content (AvgIpc) is 3.00. The topological polar surface area (TPSA) is 85.4 Å². The number of aromatic nitrogens is 5. The first-order chi connectivity index (χ1) is 8.33. The summed E-state index contributed by atoms with van der Waals surface area (Å²) in [5.74, 6) is 0.486. The van der Waals surface area contributed by atoms with Gasteiger partial charge in [-0.1, -0.05) is 12.1 Å². The van der Waals surface area contributed by atoms with Crippen LogP contribution in [0.3, 0.4) is 0 Å². The highest BCUT2D eigenvalue weighted by molar-refractivity contribution is 5.63. The first-order valence-electron chi connectivity index (χ1n) is 5.09. The van der Waals surface area contributed by atoms with E-state index in [1.54, 1.807) is 17.1 Å². The number of nitrogen functional groups attached to an aromatic ring is 1. The summed E-state index contributed by atoms with van der Waals surface area (Å²) in [6.45, 7) is 0. The van der Waals surface area contributed by atoms with E-state index < -0.39 is 0 Å². The fraction of sp³-hybridized carbons (Fsp3) is 0. The number of benzene rings is 1. The molecule has 0 bridgehead atoms. The molecular formula is C11H10N6. The van der Waals surface area contributed by atoms with Crippen LogP contribution in [0.2, 0.25) is 0 Å². The van der Waals surface area contributed by atoms with E-state index in [1.807, 2.05) is 24.3 Å². The van der Waals surface area contributed by atoms with Crippen molar-refractivity contribution < 1.29 is 0 Å². The third-order valence-corrected chi connectivity index (χ3v) is 2.46. The molecule has 3 rings (SSSR count). The molecule has 0 atom stereocenters. The molecule has 0 aliphatic rings. The molecule has 84 valence electrons. The molecule has 0 aliphatic heterocycles. The van der Waals surface area contributed by atoms with Crippen LogP contribution in [0, 0.1) is 0 Å².